The second-order valence-corrected chi connectivity index (χ2v) is 14.1. The van der Waals surface area contributed by atoms with E-state index >= 15 is 0 Å². The smallest absolute Gasteiger partial charge is 0.412 e. The summed E-state index contributed by atoms with van der Waals surface area (Å²) < 4.78 is 5.60. The van der Waals surface area contributed by atoms with Gasteiger partial charge in [-0.25, -0.2) is 9.59 Å². The van der Waals surface area contributed by atoms with Crippen molar-refractivity contribution < 1.29 is 38.6 Å². The number of hydrogen-bond acceptors (Lipinski definition) is 10. The fourth-order valence-electron chi connectivity index (χ4n) is 6.62. The minimum Gasteiger partial charge on any atom is -0.480 e. The summed E-state index contributed by atoms with van der Waals surface area (Å²) in [7, 11) is 0. The molecule has 5 amide bonds. The first kappa shape index (κ1) is 42.7. The highest BCUT2D eigenvalue weighted by Crippen LogP contribution is 2.34. The van der Waals surface area contributed by atoms with Crippen LogP contribution in [0.4, 0.5) is 10.5 Å². The maximum atomic E-state index is 14.3. The molecule has 18 heteroatoms. The van der Waals surface area contributed by atoms with E-state index in [1.54, 1.807) is 42.5 Å². The van der Waals surface area contributed by atoms with Gasteiger partial charge in [0, 0.05) is 26.1 Å². The van der Waals surface area contributed by atoms with Crippen molar-refractivity contribution in [2.75, 3.05) is 26.2 Å². The minimum absolute atomic E-state index is 0.0320. The molecule has 18 nitrogen and oxygen atoms in total. The fraction of sp³-hybridized carbons (Fsp3) is 0.500. The van der Waals surface area contributed by atoms with Crippen LogP contribution in [0.2, 0.25) is 0 Å². The number of nitrogens with one attached hydrogen (secondary N) is 5. The zero-order valence-electron chi connectivity index (χ0n) is 31.7. The van der Waals surface area contributed by atoms with Gasteiger partial charge in [0.05, 0.1) is 12.2 Å². The summed E-state index contributed by atoms with van der Waals surface area (Å²) in [5.41, 5.74) is 4.63. The minimum atomic E-state index is -1.83. The van der Waals surface area contributed by atoms with Crippen molar-refractivity contribution >= 4 is 47.3 Å². The van der Waals surface area contributed by atoms with Crippen molar-refractivity contribution in [2.24, 2.45) is 21.9 Å². The lowest BCUT2D eigenvalue weighted by Crippen LogP contribution is -2.60. The molecule has 2 aliphatic heterocycles. The third kappa shape index (κ3) is 12.0. The van der Waals surface area contributed by atoms with Crippen molar-refractivity contribution in [1.82, 2.24) is 31.1 Å². The van der Waals surface area contributed by atoms with E-state index in [1.807, 2.05) is 32.0 Å². The highest BCUT2D eigenvalue weighted by molar-refractivity contribution is 5.96. The Kier molecular flexibility index (Phi) is 15.7. The molecule has 4 atom stereocenters. The predicted molar refractivity (Wildman–Crippen MR) is 204 cm³/mol. The molecule has 2 saturated heterocycles. The first-order valence-corrected chi connectivity index (χ1v) is 18.8. The Labute approximate surface area is 325 Å². The quantitative estimate of drug-likeness (QED) is 0.0503. The molecule has 2 fully saturated rings. The van der Waals surface area contributed by atoms with E-state index in [9.17, 15) is 33.9 Å². The normalized spacial score (nSPS) is 18.9. The number of amides is 5. The molecule has 56 heavy (non-hydrogen) atoms. The van der Waals surface area contributed by atoms with Crippen molar-refractivity contribution in [3.05, 3.63) is 66.2 Å². The molecular formula is C38H52N10O8. The summed E-state index contributed by atoms with van der Waals surface area (Å²) in [4.78, 5) is 82.4. The molecule has 0 spiro atoms. The number of benzene rings is 2. The van der Waals surface area contributed by atoms with Gasteiger partial charge in [0.2, 0.25) is 23.4 Å². The lowest BCUT2D eigenvalue weighted by atomic mass is 10.0. The van der Waals surface area contributed by atoms with Gasteiger partial charge in [0.15, 0.2) is 5.96 Å². The molecule has 2 aromatic rings. The maximum absolute atomic E-state index is 14.3. The van der Waals surface area contributed by atoms with Gasteiger partial charge in [-0.15, -0.1) is 5.11 Å². The van der Waals surface area contributed by atoms with Crippen molar-refractivity contribution in [3.63, 3.8) is 0 Å². The molecule has 0 radical (unpaired) electrons. The summed E-state index contributed by atoms with van der Waals surface area (Å²) in [5.74, 6) is -4.15. The van der Waals surface area contributed by atoms with Crippen molar-refractivity contribution in [2.45, 2.75) is 89.2 Å². The van der Waals surface area contributed by atoms with Crippen LogP contribution in [0.3, 0.4) is 0 Å². The van der Waals surface area contributed by atoms with Crippen LogP contribution in [-0.2, 0) is 35.3 Å². The molecule has 2 heterocycles. The standard InChI is InChI=1S/C38H52N10O8/c1-25(2)22-29(32(50)42-23-31(49)47-20-10-17-30(47)33(51)43-28(34(52)53)16-9-19-41-36(39)40)44-35(54)38(46-45-27-14-7-4-8-15-27)18-11-21-48(38)37(55)56-24-26-12-5-3-6-13-26/h3-8,12-15,25,28-30H,9-11,16-24H2,1-2H3,(H,42,50)(H,43,51)(H,44,54)(H,52,53)(H4,39,40,41)/t28-,29-,30-,38-/m0/s1. The Morgan fingerprint density at radius 3 is 2.32 bits per heavy atom. The van der Waals surface area contributed by atoms with Gasteiger partial charge >= 0.3 is 12.1 Å². The number of azo groups is 1. The monoisotopic (exact) mass is 776 g/mol. The van der Waals surface area contributed by atoms with Crippen LogP contribution < -0.4 is 27.0 Å². The molecule has 4 rings (SSSR count). The number of hydrogen-bond donors (Lipinski definition) is 7. The van der Waals surface area contributed by atoms with E-state index < -0.39 is 66.0 Å². The number of carboxylic acid groups (broad SMARTS) is 1. The zero-order chi connectivity index (χ0) is 40.7. The topological polar surface area (TPSA) is 261 Å². The Balaban J connectivity index is 1.44. The fourth-order valence-corrected chi connectivity index (χ4v) is 6.62. The summed E-state index contributed by atoms with van der Waals surface area (Å²) in [6.45, 7) is 3.84. The Morgan fingerprint density at radius 1 is 0.964 bits per heavy atom. The average molecular weight is 777 g/mol. The van der Waals surface area contributed by atoms with Crippen LogP contribution in [0, 0.1) is 11.3 Å². The third-order valence-electron chi connectivity index (χ3n) is 9.45. The van der Waals surface area contributed by atoms with Gasteiger partial charge in [0.25, 0.3) is 5.91 Å². The Hall–Kier alpha value is -6.07. The molecule has 302 valence electrons. The van der Waals surface area contributed by atoms with Crippen LogP contribution in [0.25, 0.3) is 0 Å². The molecule has 0 unspecified atom stereocenters. The van der Waals surface area contributed by atoms with E-state index in [0.29, 0.717) is 31.4 Å². The van der Waals surface area contributed by atoms with Gasteiger partial charge in [-0.2, -0.15) is 5.11 Å². The number of ether oxygens (including phenoxy) is 1. The highest BCUT2D eigenvalue weighted by Gasteiger charge is 2.52. The lowest BCUT2D eigenvalue weighted by molar-refractivity contribution is -0.144. The highest BCUT2D eigenvalue weighted by atomic mass is 16.6. The van der Waals surface area contributed by atoms with Crippen molar-refractivity contribution in [3.8, 4) is 0 Å². The molecule has 0 saturated carbocycles. The first-order valence-electron chi connectivity index (χ1n) is 18.8. The van der Waals surface area contributed by atoms with E-state index in [4.69, 9.17) is 15.9 Å². The maximum Gasteiger partial charge on any atom is 0.412 e. The van der Waals surface area contributed by atoms with Gasteiger partial charge in [-0.05, 0) is 62.1 Å². The number of carbonyl (C=O) groups is 6. The zero-order valence-corrected chi connectivity index (χ0v) is 31.7. The number of aliphatic carboxylic acids is 1. The largest absolute Gasteiger partial charge is 0.480 e. The van der Waals surface area contributed by atoms with Crippen LogP contribution in [0.5, 0.6) is 0 Å². The molecule has 8 N–H and O–H groups in total. The van der Waals surface area contributed by atoms with Crippen LogP contribution in [-0.4, -0.2) is 107 Å². The number of nitrogens with two attached hydrogens (primary N) is 1. The summed E-state index contributed by atoms with van der Waals surface area (Å²) >= 11 is 0. The lowest BCUT2D eigenvalue weighted by Gasteiger charge is -2.33. The van der Waals surface area contributed by atoms with Crippen LogP contribution in [0.15, 0.2) is 70.9 Å². The van der Waals surface area contributed by atoms with Crippen molar-refractivity contribution in [1.29, 1.82) is 5.41 Å². The van der Waals surface area contributed by atoms with E-state index in [0.717, 1.165) is 5.56 Å². The van der Waals surface area contributed by atoms with Gasteiger partial charge in [0.1, 0.15) is 24.7 Å². The average Bonchev–Trinajstić information content (AvgIpc) is 3.85. The SMILES string of the molecule is CC(C)C[C@H](NC(=O)[C@]1(N=Nc2ccccc2)CCCN1C(=O)OCc1ccccc1)C(=O)NCC(=O)N1CCC[C@H]1C(=O)N[C@@H](CCCNC(=N)N)C(=O)O. The molecule has 0 aromatic heterocycles. The molecular weight excluding hydrogens is 724 g/mol. The van der Waals surface area contributed by atoms with E-state index in [-0.39, 0.29) is 57.4 Å². The number of carboxylic acids is 1. The molecule has 2 aromatic carbocycles. The number of likely N-dealkylation sites (tertiary alicyclic amines) is 2. The van der Waals surface area contributed by atoms with Gasteiger partial charge in [-0.3, -0.25) is 29.5 Å². The van der Waals surface area contributed by atoms with Crippen LogP contribution >= 0.6 is 0 Å². The summed E-state index contributed by atoms with van der Waals surface area (Å²) in [6, 6.07) is 14.5. The molecule has 0 aliphatic carbocycles. The van der Waals surface area contributed by atoms with E-state index in [2.05, 4.69) is 31.5 Å². The molecule has 2 aliphatic rings. The Morgan fingerprint density at radius 2 is 1.66 bits per heavy atom. The number of nitrogens with zero attached hydrogens (tertiary/aromatic N) is 4. The first-order chi connectivity index (χ1) is 26.8. The number of carbonyl (C=O) groups excluding carboxylic acids is 5. The van der Waals surface area contributed by atoms with Crippen LogP contribution in [0.1, 0.15) is 64.4 Å². The van der Waals surface area contributed by atoms with Gasteiger partial charge < -0.3 is 41.7 Å². The second kappa shape index (κ2) is 20.6. The van der Waals surface area contributed by atoms with Gasteiger partial charge in [-0.1, -0.05) is 62.4 Å². The third-order valence-corrected chi connectivity index (χ3v) is 9.45. The number of guanidine groups is 1. The summed E-state index contributed by atoms with van der Waals surface area (Å²) in [5, 5.41) is 36.1. The number of rotatable bonds is 18. The Bertz CT molecular complexity index is 1730. The van der Waals surface area contributed by atoms with E-state index in [1.165, 1.54) is 9.80 Å². The summed E-state index contributed by atoms with van der Waals surface area (Å²) in [6.07, 6.45) is 1.12. The predicted octanol–water partition coefficient (Wildman–Crippen LogP) is 2.37. The molecule has 0 bridgehead atoms. The second-order valence-electron chi connectivity index (χ2n) is 14.1.